The van der Waals surface area contributed by atoms with Crippen molar-refractivity contribution in [2.75, 3.05) is 19.6 Å². The van der Waals surface area contributed by atoms with Crippen molar-refractivity contribution in [1.29, 1.82) is 0 Å². The van der Waals surface area contributed by atoms with E-state index in [9.17, 15) is 5.11 Å². The minimum absolute atomic E-state index is 0.134. The summed E-state index contributed by atoms with van der Waals surface area (Å²) in [5.41, 5.74) is 2.77. The second kappa shape index (κ2) is 6.17. The van der Waals surface area contributed by atoms with Gasteiger partial charge in [0.25, 0.3) is 0 Å². The van der Waals surface area contributed by atoms with Gasteiger partial charge in [-0.25, -0.2) is 0 Å². The summed E-state index contributed by atoms with van der Waals surface area (Å²) in [6.07, 6.45) is 3.14. The molecular weight excluding hydrogens is 298 g/mol. The van der Waals surface area contributed by atoms with Crippen LogP contribution in [0.5, 0.6) is 0 Å². The van der Waals surface area contributed by atoms with Crippen LogP contribution in [0.25, 0.3) is 10.9 Å². The Morgan fingerprint density at radius 3 is 2.75 bits per heavy atom. The van der Waals surface area contributed by atoms with Crippen LogP contribution in [0.15, 0.2) is 30.5 Å². The normalized spacial score (nSPS) is 28.8. The van der Waals surface area contributed by atoms with E-state index in [4.69, 9.17) is 0 Å². The summed E-state index contributed by atoms with van der Waals surface area (Å²) < 4.78 is 2.39. The highest BCUT2D eigenvalue weighted by Gasteiger charge is 2.38. The van der Waals surface area contributed by atoms with Crippen LogP contribution in [-0.2, 0) is 6.54 Å². The predicted octanol–water partition coefficient (Wildman–Crippen LogP) is 2.86. The number of aliphatic hydroxyl groups is 1. The van der Waals surface area contributed by atoms with Crippen LogP contribution in [-0.4, -0.2) is 57.3 Å². The first-order valence-electron chi connectivity index (χ1n) is 9.27. The highest BCUT2D eigenvalue weighted by Crippen LogP contribution is 2.29. The minimum Gasteiger partial charge on any atom is -0.392 e. The zero-order valence-electron chi connectivity index (χ0n) is 15.0. The fraction of sp³-hybridized carbons (Fsp3) is 0.600. The molecule has 2 fully saturated rings. The van der Waals surface area contributed by atoms with E-state index in [2.05, 4.69) is 65.6 Å². The van der Waals surface area contributed by atoms with Crippen LogP contribution in [0.3, 0.4) is 0 Å². The maximum Gasteiger partial charge on any atom is 0.0682 e. The molecule has 1 aromatic heterocycles. The van der Waals surface area contributed by atoms with Gasteiger partial charge in [-0.2, -0.15) is 0 Å². The second-order valence-corrected chi connectivity index (χ2v) is 7.95. The first-order chi connectivity index (χ1) is 11.5. The number of aromatic nitrogens is 1. The molecule has 2 aliphatic rings. The van der Waals surface area contributed by atoms with Crippen molar-refractivity contribution >= 4 is 10.9 Å². The Morgan fingerprint density at radius 1 is 1.17 bits per heavy atom. The van der Waals surface area contributed by atoms with Gasteiger partial charge in [-0.1, -0.05) is 18.2 Å². The molecule has 4 heteroatoms. The second-order valence-electron chi connectivity index (χ2n) is 7.95. The fourth-order valence-electron chi connectivity index (χ4n) is 4.55. The van der Waals surface area contributed by atoms with Crippen LogP contribution < -0.4 is 0 Å². The number of para-hydroxylation sites is 1. The summed E-state index contributed by atoms with van der Waals surface area (Å²) in [5, 5.41) is 11.3. The summed E-state index contributed by atoms with van der Waals surface area (Å²) in [4.78, 5) is 5.08. The maximum absolute atomic E-state index is 9.96. The lowest BCUT2D eigenvalue weighted by molar-refractivity contribution is 0.0531. The Labute approximate surface area is 144 Å². The van der Waals surface area contributed by atoms with Gasteiger partial charge >= 0.3 is 0 Å². The average Bonchev–Trinajstić information content (AvgIpc) is 3.08. The van der Waals surface area contributed by atoms with Gasteiger partial charge in [0.2, 0.25) is 0 Å². The molecule has 1 N–H and O–H groups in total. The Kier molecular flexibility index (Phi) is 4.15. The van der Waals surface area contributed by atoms with E-state index < -0.39 is 0 Å². The van der Waals surface area contributed by atoms with Crippen molar-refractivity contribution in [3.05, 3.63) is 36.0 Å². The lowest BCUT2D eigenvalue weighted by Gasteiger charge is -2.42. The van der Waals surface area contributed by atoms with Gasteiger partial charge in [0.15, 0.2) is 0 Å². The molecule has 0 amide bonds. The lowest BCUT2D eigenvalue weighted by atomic mass is 10.1. The van der Waals surface area contributed by atoms with Crippen molar-refractivity contribution in [1.82, 2.24) is 14.4 Å². The molecule has 0 bridgehead atoms. The summed E-state index contributed by atoms with van der Waals surface area (Å²) >= 11 is 0. The molecule has 0 spiro atoms. The van der Waals surface area contributed by atoms with Crippen LogP contribution in [0.4, 0.5) is 0 Å². The molecule has 4 rings (SSSR count). The fourth-order valence-corrected chi connectivity index (χ4v) is 4.55. The van der Waals surface area contributed by atoms with Crippen LogP contribution in [0.2, 0.25) is 0 Å². The molecule has 0 radical (unpaired) electrons. The molecule has 24 heavy (non-hydrogen) atoms. The summed E-state index contributed by atoms with van der Waals surface area (Å²) in [5.74, 6) is 0. The third-order valence-corrected chi connectivity index (χ3v) is 5.83. The van der Waals surface area contributed by atoms with E-state index >= 15 is 0 Å². The molecule has 130 valence electrons. The van der Waals surface area contributed by atoms with E-state index in [0.29, 0.717) is 18.1 Å². The highest BCUT2D eigenvalue weighted by molar-refractivity contribution is 5.84. The zero-order valence-corrected chi connectivity index (χ0v) is 15.0. The first kappa shape index (κ1) is 16.1. The maximum atomic E-state index is 9.96. The van der Waals surface area contributed by atoms with Gasteiger partial charge in [0.05, 0.1) is 6.10 Å². The van der Waals surface area contributed by atoms with Gasteiger partial charge in [-0.05, 0) is 38.8 Å². The molecule has 2 aromatic rings. The number of aliphatic hydroxyl groups excluding tert-OH is 1. The third kappa shape index (κ3) is 2.77. The smallest absolute Gasteiger partial charge is 0.0682 e. The number of hydrogen-bond acceptors (Lipinski definition) is 3. The van der Waals surface area contributed by atoms with Gasteiger partial charge in [-0.15, -0.1) is 0 Å². The molecular formula is C20H29N3O. The van der Waals surface area contributed by atoms with Crippen molar-refractivity contribution in [3.63, 3.8) is 0 Å². The Balaban J connectivity index is 1.60. The number of nitrogens with zero attached hydrogens (tertiary/aromatic N) is 3. The summed E-state index contributed by atoms with van der Waals surface area (Å²) in [7, 11) is 0. The average molecular weight is 327 g/mol. The number of rotatable bonds is 3. The SMILES string of the molecule is CC(C)n1cc(CN2CC3C[C@@H](O)CN3C[C@@H]2C)c2ccccc21. The van der Waals surface area contributed by atoms with Crippen molar-refractivity contribution in [2.45, 2.75) is 58.0 Å². The lowest BCUT2D eigenvalue weighted by Crippen LogP contribution is -2.54. The van der Waals surface area contributed by atoms with Crippen LogP contribution in [0, 0.1) is 0 Å². The molecule has 2 saturated heterocycles. The molecule has 0 aliphatic carbocycles. The van der Waals surface area contributed by atoms with E-state index in [1.807, 2.05) is 0 Å². The topological polar surface area (TPSA) is 31.6 Å². The van der Waals surface area contributed by atoms with E-state index in [1.54, 1.807) is 0 Å². The summed E-state index contributed by atoms with van der Waals surface area (Å²) in [6.45, 7) is 10.8. The Hall–Kier alpha value is -1.36. The van der Waals surface area contributed by atoms with Crippen molar-refractivity contribution in [3.8, 4) is 0 Å². The first-order valence-corrected chi connectivity index (χ1v) is 9.27. The quantitative estimate of drug-likeness (QED) is 0.941. The van der Waals surface area contributed by atoms with Gasteiger partial charge < -0.3 is 9.67 Å². The van der Waals surface area contributed by atoms with Crippen LogP contribution in [0.1, 0.15) is 38.8 Å². The molecule has 0 saturated carbocycles. The molecule has 1 aromatic carbocycles. The van der Waals surface area contributed by atoms with E-state index in [1.165, 1.54) is 16.5 Å². The molecule has 3 atom stereocenters. The number of piperazine rings is 1. The van der Waals surface area contributed by atoms with E-state index in [-0.39, 0.29) is 6.10 Å². The van der Waals surface area contributed by atoms with Crippen LogP contribution >= 0.6 is 0 Å². The van der Waals surface area contributed by atoms with E-state index in [0.717, 1.165) is 32.6 Å². The molecule has 1 unspecified atom stereocenters. The standard InChI is InChI=1S/C20H29N3O/c1-14(2)23-11-16(19-6-4-5-7-20(19)23)10-21-12-17-8-18(24)13-22(17)9-15(21)3/h4-7,11,14-15,17-18,24H,8-10,12-13H2,1-3H3/t15-,17?,18+/m0/s1. The van der Waals surface area contributed by atoms with Gasteiger partial charge in [-0.3, -0.25) is 9.80 Å². The highest BCUT2D eigenvalue weighted by atomic mass is 16.3. The third-order valence-electron chi connectivity index (χ3n) is 5.83. The molecule has 4 nitrogen and oxygen atoms in total. The minimum atomic E-state index is -0.134. The Morgan fingerprint density at radius 2 is 1.96 bits per heavy atom. The largest absolute Gasteiger partial charge is 0.392 e. The number of fused-ring (bicyclic) bond motifs is 2. The molecule has 3 heterocycles. The number of benzene rings is 1. The van der Waals surface area contributed by atoms with Gasteiger partial charge in [0, 0.05) is 61.4 Å². The van der Waals surface area contributed by atoms with Crippen molar-refractivity contribution < 1.29 is 5.11 Å². The number of hydrogen-bond donors (Lipinski definition) is 1. The Bertz CT molecular complexity index is 723. The van der Waals surface area contributed by atoms with Gasteiger partial charge in [0.1, 0.15) is 0 Å². The van der Waals surface area contributed by atoms with Crippen molar-refractivity contribution in [2.24, 2.45) is 0 Å². The predicted molar refractivity (Wildman–Crippen MR) is 98.2 cm³/mol. The molecule has 2 aliphatic heterocycles. The monoisotopic (exact) mass is 327 g/mol. The zero-order chi connectivity index (χ0) is 16.8. The summed E-state index contributed by atoms with van der Waals surface area (Å²) in [6, 6.07) is 10.3.